The number of piperidine rings is 1. The standard InChI is InChI=1S/C26H28N2O6/c29-22(28-14-12-26(33,13-15-28)23(30)31)25(10-5-11-25)27-24(32)34-16-21-19-8-3-1-6-17(19)18-7-2-4-9-20(18)21/h1-4,6-9,21,33H,5,10-16H2,(H,27,32)(H,30,31). The summed E-state index contributed by atoms with van der Waals surface area (Å²) in [7, 11) is 0. The van der Waals surface area contributed by atoms with Crippen LogP contribution in [0.15, 0.2) is 48.5 Å². The number of rotatable bonds is 5. The fourth-order valence-corrected chi connectivity index (χ4v) is 5.35. The van der Waals surface area contributed by atoms with Gasteiger partial charge < -0.3 is 25.2 Å². The minimum absolute atomic E-state index is 0.0326. The van der Waals surface area contributed by atoms with Crippen molar-refractivity contribution in [2.24, 2.45) is 0 Å². The number of aliphatic hydroxyl groups is 1. The lowest BCUT2D eigenvalue weighted by molar-refractivity contribution is -0.167. The molecule has 2 aromatic carbocycles. The number of nitrogens with one attached hydrogen (secondary N) is 1. The Morgan fingerprint density at radius 2 is 1.50 bits per heavy atom. The highest BCUT2D eigenvalue weighted by Gasteiger charge is 2.50. The number of carboxylic acid groups (broad SMARTS) is 1. The average Bonchev–Trinajstić information content (AvgIpc) is 3.14. The first-order valence-electron chi connectivity index (χ1n) is 11.7. The first-order valence-corrected chi connectivity index (χ1v) is 11.7. The number of alkyl carbamates (subject to hydrolysis) is 1. The summed E-state index contributed by atoms with van der Waals surface area (Å²) in [5.41, 5.74) is 1.69. The number of carbonyl (C=O) groups excluding carboxylic acids is 2. The van der Waals surface area contributed by atoms with E-state index >= 15 is 0 Å². The molecule has 2 aliphatic carbocycles. The van der Waals surface area contributed by atoms with E-state index in [1.807, 2.05) is 36.4 Å². The van der Waals surface area contributed by atoms with Crippen LogP contribution in [0.1, 0.15) is 49.1 Å². The molecule has 1 saturated carbocycles. The van der Waals surface area contributed by atoms with Crippen molar-refractivity contribution in [2.45, 2.75) is 49.2 Å². The molecule has 8 heteroatoms. The first-order chi connectivity index (χ1) is 16.3. The third kappa shape index (κ3) is 3.72. The zero-order chi connectivity index (χ0) is 23.9. The van der Waals surface area contributed by atoms with Crippen LogP contribution >= 0.6 is 0 Å². The van der Waals surface area contributed by atoms with E-state index in [4.69, 9.17) is 4.74 Å². The van der Waals surface area contributed by atoms with Crippen LogP contribution in [0.3, 0.4) is 0 Å². The zero-order valence-electron chi connectivity index (χ0n) is 18.8. The van der Waals surface area contributed by atoms with Crippen molar-refractivity contribution in [3.05, 3.63) is 59.7 Å². The van der Waals surface area contributed by atoms with Crippen LogP contribution in [0.4, 0.5) is 4.79 Å². The average molecular weight is 465 g/mol. The number of carbonyl (C=O) groups is 3. The van der Waals surface area contributed by atoms with E-state index in [-0.39, 0.29) is 44.4 Å². The molecular weight excluding hydrogens is 436 g/mol. The molecular formula is C26H28N2O6. The molecule has 0 atom stereocenters. The molecule has 2 aromatic rings. The molecule has 2 amide bonds. The molecule has 3 N–H and O–H groups in total. The molecule has 1 aliphatic heterocycles. The van der Waals surface area contributed by atoms with Gasteiger partial charge in [0.25, 0.3) is 0 Å². The highest BCUT2D eigenvalue weighted by Crippen LogP contribution is 2.44. The van der Waals surface area contributed by atoms with E-state index in [9.17, 15) is 24.6 Å². The third-order valence-electron chi connectivity index (χ3n) is 7.58. The predicted octanol–water partition coefficient (Wildman–Crippen LogP) is 2.89. The summed E-state index contributed by atoms with van der Waals surface area (Å²) in [5.74, 6) is -1.57. The van der Waals surface area contributed by atoms with Crippen LogP contribution in [0, 0.1) is 0 Å². The molecule has 8 nitrogen and oxygen atoms in total. The van der Waals surface area contributed by atoms with Crippen molar-refractivity contribution in [3.63, 3.8) is 0 Å². The van der Waals surface area contributed by atoms with Crippen molar-refractivity contribution >= 4 is 18.0 Å². The minimum Gasteiger partial charge on any atom is -0.479 e. The Kier molecular flexibility index (Phi) is 5.56. The number of hydrogen-bond donors (Lipinski definition) is 3. The minimum atomic E-state index is -1.80. The number of likely N-dealkylation sites (tertiary alicyclic amines) is 1. The molecule has 178 valence electrons. The lowest BCUT2D eigenvalue weighted by Crippen LogP contribution is -2.65. The molecule has 5 rings (SSSR count). The highest BCUT2D eigenvalue weighted by atomic mass is 16.5. The summed E-state index contributed by atoms with van der Waals surface area (Å²) in [5, 5.41) is 22.2. The molecule has 0 spiro atoms. The summed E-state index contributed by atoms with van der Waals surface area (Å²) in [6, 6.07) is 16.2. The quantitative estimate of drug-likeness (QED) is 0.627. The maximum atomic E-state index is 13.2. The van der Waals surface area contributed by atoms with Crippen molar-refractivity contribution in [1.29, 1.82) is 0 Å². The highest BCUT2D eigenvalue weighted by molar-refractivity contribution is 5.91. The Morgan fingerprint density at radius 1 is 0.941 bits per heavy atom. The number of ether oxygens (including phenoxy) is 1. The number of amides is 2. The third-order valence-corrected chi connectivity index (χ3v) is 7.58. The molecule has 34 heavy (non-hydrogen) atoms. The smallest absolute Gasteiger partial charge is 0.408 e. The second-order valence-corrected chi connectivity index (χ2v) is 9.52. The largest absolute Gasteiger partial charge is 0.479 e. The number of nitrogens with zero attached hydrogens (tertiary/aromatic N) is 1. The Hall–Kier alpha value is -3.39. The number of benzene rings is 2. The van der Waals surface area contributed by atoms with Crippen molar-refractivity contribution in [3.8, 4) is 11.1 Å². The van der Waals surface area contributed by atoms with E-state index in [1.54, 1.807) is 4.90 Å². The zero-order valence-corrected chi connectivity index (χ0v) is 18.8. The van der Waals surface area contributed by atoms with Gasteiger partial charge in [0.05, 0.1) is 0 Å². The molecule has 1 saturated heterocycles. The van der Waals surface area contributed by atoms with Gasteiger partial charge in [-0.25, -0.2) is 9.59 Å². The SMILES string of the molecule is O=C(NC1(C(=O)N2CCC(O)(C(=O)O)CC2)CCC1)OCC1c2ccccc2-c2ccccc21. The van der Waals surface area contributed by atoms with Crippen LogP contribution in [0.5, 0.6) is 0 Å². The van der Waals surface area contributed by atoms with Gasteiger partial charge >= 0.3 is 12.1 Å². The number of aliphatic carboxylic acids is 1. The second kappa shape index (κ2) is 8.43. The number of hydrogen-bond acceptors (Lipinski definition) is 5. The fourth-order valence-electron chi connectivity index (χ4n) is 5.35. The van der Waals surface area contributed by atoms with Crippen molar-refractivity contribution in [1.82, 2.24) is 10.2 Å². The van der Waals surface area contributed by atoms with Crippen LogP contribution in [-0.2, 0) is 14.3 Å². The topological polar surface area (TPSA) is 116 Å². The van der Waals surface area contributed by atoms with E-state index in [0.29, 0.717) is 12.8 Å². The lowest BCUT2D eigenvalue weighted by atomic mass is 9.75. The summed E-state index contributed by atoms with van der Waals surface area (Å²) in [4.78, 5) is 38.8. The summed E-state index contributed by atoms with van der Waals surface area (Å²) >= 11 is 0. The Balaban J connectivity index is 1.23. The first kappa shape index (κ1) is 22.4. The van der Waals surface area contributed by atoms with Gasteiger partial charge in [0.1, 0.15) is 12.1 Å². The molecule has 0 aromatic heterocycles. The summed E-state index contributed by atoms with van der Waals surface area (Å²) < 4.78 is 5.63. The van der Waals surface area contributed by atoms with Gasteiger partial charge in [0.15, 0.2) is 5.60 Å². The maximum absolute atomic E-state index is 13.2. The van der Waals surface area contributed by atoms with Crippen LogP contribution in [0.2, 0.25) is 0 Å². The van der Waals surface area contributed by atoms with Gasteiger partial charge in [-0.05, 0) is 41.5 Å². The second-order valence-electron chi connectivity index (χ2n) is 9.52. The van der Waals surface area contributed by atoms with Crippen molar-refractivity contribution in [2.75, 3.05) is 19.7 Å². The fraction of sp³-hybridized carbons (Fsp3) is 0.423. The van der Waals surface area contributed by atoms with E-state index < -0.39 is 23.2 Å². The lowest BCUT2D eigenvalue weighted by Gasteiger charge is -2.45. The van der Waals surface area contributed by atoms with E-state index in [0.717, 1.165) is 28.7 Å². The van der Waals surface area contributed by atoms with Gasteiger partial charge in [-0.2, -0.15) is 0 Å². The van der Waals surface area contributed by atoms with Crippen molar-refractivity contribution < 1.29 is 29.3 Å². The molecule has 2 fully saturated rings. The Morgan fingerprint density at radius 3 is 2.00 bits per heavy atom. The number of fused-ring (bicyclic) bond motifs is 3. The van der Waals surface area contributed by atoms with Gasteiger partial charge in [0, 0.05) is 31.8 Å². The van der Waals surface area contributed by atoms with Gasteiger partial charge in [-0.3, -0.25) is 4.79 Å². The summed E-state index contributed by atoms with van der Waals surface area (Å²) in [6.45, 7) is 0.436. The Bertz CT molecular complexity index is 1090. The van der Waals surface area contributed by atoms with E-state index in [1.165, 1.54) is 0 Å². The van der Waals surface area contributed by atoms with Gasteiger partial charge in [-0.1, -0.05) is 48.5 Å². The molecule has 1 heterocycles. The molecule has 3 aliphatic rings. The van der Waals surface area contributed by atoms with Crippen LogP contribution in [-0.4, -0.2) is 63.9 Å². The maximum Gasteiger partial charge on any atom is 0.408 e. The summed E-state index contributed by atoms with van der Waals surface area (Å²) in [6.07, 6.45) is 1.13. The van der Waals surface area contributed by atoms with E-state index in [2.05, 4.69) is 17.4 Å². The van der Waals surface area contributed by atoms with Gasteiger partial charge in [-0.15, -0.1) is 0 Å². The normalized spacial score (nSPS) is 20.0. The molecule has 0 unspecified atom stereocenters. The van der Waals surface area contributed by atoms with Gasteiger partial charge in [0.2, 0.25) is 5.91 Å². The predicted molar refractivity (Wildman–Crippen MR) is 123 cm³/mol. The molecule has 0 radical (unpaired) electrons. The number of carboxylic acids is 1. The Labute approximate surface area is 197 Å². The monoisotopic (exact) mass is 464 g/mol. The van der Waals surface area contributed by atoms with Crippen LogP contribution < -0.4 is 5.32 Å². The molecule has 0 bridgehead atoms. The van der Waals surface area contributed by atoms with Crippen LogP contribution in [0.25, 0.3) is 11.1 Å².